The number of fused-ring (bicyclic) bond motifs is 18. The number of carbonyl (C=O) groups is 6. The van der Waals surface area contributed by atoms with Crippen molar-refractivity contribution in [1.82, 2.24) is 30.7 Å². The SMILES string of the molecule is COc1ccc(CC2C(=O)NC(C)C(=O)N(C)C(C(=O)N(C)C)C(O)c3ccc(cc3)Oc3cc(ccc3O)CC(=O)NC(C)C(=O)NC(C)C(=O)N2C)cc1. The van der Waals surface area contributed by atoms with Gasteiger partial charge in [-0.2, -0.15) is 0 Å². The summed E-state index contributed by atoms with van der Waals surface area (Å²) in [6.07, 6.45) is -1.68. The van der Waals surface area contributed by atoms with Gasteiger partial charge in [-0.15, -0.1) is 0 Å². The molecule has 2 heterocycles. The van der Waals surface area contributed by atoms with Gasteiger partial charge < -0.3 is 50.3 Å². The summed E-state index contributed by atoms with van der Waals surface area (Å²) in [6, 6.07) is 11.2. The molecule has 2 aliphatic rings. The van der Waals surface area contributed by atoms with Gasteiger partial charge in [0.1, 0.15) is 47.8 Å². The summed E-state index contributed by atoms with van der Waals surface area (Å²) in [5.74, 6) is -3.15. The van der Waals surface area contributed by atoms with Crippen LogP contribution >= 0.6 is 0 Å². The Morgan fingerprint density at radius 1 is 0.821 bits per heavy atom. The van der Waals surface area contributed by atoms with Gasteiger partial charge in [0.25, 0.3) is 0 Å². The van der Waals surface area contributed by atoms with Crippen LogP contribution in [-0.4, -0.2) is 126 Å². The number of ether oxygens (including phenoxy) is 2. The van der Waals surface area contributed by atoms with Crippen molar-refractivity contribution in [3.63, 3.8) is 0 Å². The fourth-order valence-electron chi connectivity index (χ4n) is 6.18. The third kappa shape index (κ3) is 10.3. The number of benzene rings is 3. The first kappa shape index (κ1) is 42.6. The predicted molar refractivity (Wildman–Crippen MR) is 205 cm³/mol. The highest BCUT2D eigenvalue weighted by Gasteiger charge is 2.39. The molecule has 16 nitrogen and oxygen atoms in total. The molecule has 6 atom stereocenters. The van der Waals surface area contributed by atoms with Crippen LogP contribution in [0, 0.1) is 0 Å². The number of phenolic OH excluding ortho intramolecular Hbond substituents is 1. The van der Waals surface area contributed by atoms with E-state index in [9.17, 15) is 39.0 Å². The monoisotopic (exact) mass is 774 g/mol. The molecule has 16 heteroatoms. The molecule has 5 rings (SSSR count). The van der Waals surface area contributed by atoms with Crippen LogP contribution in [0.3, 0.4) is 0 Å². The topological polar surface area (TPSA) is 207 Å². The number of amides is 6. The first-order chi connectivity index (χ1) is 26.4. The van der Waals surface area contributed by atoms with Gasteiger partial charge in [0, 0.05) is 34.6 Å². The number of rotatable bonds is 4. The molecule has 0 aliphatic carbocycles. The van der Waals surface area contributed by atoms with Gasteiger partial charge in [0.2, 0.25) is 35.4 Å². The summed E-state index contributed by atoms with van der Waals surface area (Å²) in [5, 5.41) is 29.9. The number of aliphatic hydroxyl groups excluding tert-OH is 1. The zero-order chi connectivity index (χ0) is 41.4. The normalized spacial score (nSPS) is 23.2. The first-order valence-electron chi connectivity index (χ1n) is 18.0. The van der Waals surface area contributed by atoms with Gasteiger partial charge in [-0.05, 0) is 73.9 Å². The maximum atomic E-state index is 14.0. The van der Waals surface area contributed by atoms with E-state index in [-0.39, 0.29) is 35.7 Å². The Bertz CT molecular complexity index is 1920. The summed E-state index contributed by atoms with van der Waals surface area (Å²) in [6.45, 7) is 4.33. The molecule has 4 bridgehead atoms. The number of likely N-dealkylation sites (N-methyl/N-ethyl adjacent to an activating group) is 3. The van der Waals surface area contributed by atoms with E-state index in [2.05, 4.69) is 16.0 Å². The second-order valence-corrected chi connectivity index (χ2v) is 14.0. The number of carbonyl (C=O) groups excluding carboxylic acids is 6. The highest BCUT2D eigenvalue weighted by atomic mass is 16.5. The van der Waals surface area contributed by atoms with Crippen LogP contribution in [0.5, 0.6) is 23.0 Å². The van der Waals surface area contributed by atoms with Crippen molar-refractivity contribution >= 4 is 35.4 Å². The minimum Gasteiger partial charge on any atom is -0.504 e. The Morgan fingerprint density at radius 2 is 1.41 bits per heavy atom. The zero-order valence-electron chi connectivity index (χ0n) is 32.7. The Kier molecular flexibility index (Phi) is 14.0. The maximum Gasteiger partial charge on any atom is 0.247 e. The minimum atomic E-state index is -1.52. The van der Waals surface area contributed by atoms with Gasteiger partial charge in [-0.25, -0.2) is 0 Å². The van der Waals surface area contributed by atoms with Crippen molar-refractivity contribution in [2.75, 3.05) is 35.3 Å². The third-order valence-electron chi connectivity index (χ3n) is 9.53. The highest BCUT2D eigenvalue weighted by molar-refractivity contribution is 5.96. The van der Waals surface area contributed by atoms with E-state index in [1.165, 1.54) is 108 Å². The molecular formula is C40H50N6O10. The van der Waals surface area contributed by atoms with Crippen LogP contribution in [0.1, 0.15) is 43.6 Å². The Hall–Kier alpha value is -6.16. The molecule has 0 fully saturated rings. The quantitative estimate of drug-likeness (QED) is 0.240. The Morgan fingerprint density at radius 3 is 2.00 bits per heavy atom. The summed E-state index contributed by atoms with van der Waals surface area (Å²) in [7, 11) is 7.22. The molecule has 56 heavy (non-hydrogen) atoms. The number of nitrogens with zero attached hydrogens (tertiary/aromatic N) is 3. The number of methoxy groups -OCH3 is 1. The van der Waals surface area contributed by atoms with E-state index in [1.807, 2.05) is 0 Å². The van der Waals surface area contributed by atoms with Crippen molar-refractivity contribution in [3.05, 3.63) is 83.4 Å². The lowest BCUT2D eigenvalue weighted by atomic mass is 9.99. The number of nitrogens with one attached hydrogen (secondary N) is 3. The van der Waals surface area contributed by atoms with Crippen LogP contribution in [0.4, 0.5) is 0 Å². The van der Waals surface area contributed by atoms with Gasteiger partial charge in [0.15, 0.2) is 11.5 Å². The summed E-state index contributed by atoms with van der Waals surface area (Å²) in [4.78, 5) is 84.8. The highest BCUT2D eigenvalue weighted by Crippen LogP contribution is 2.33. The van der Waals surface area contributed by atoms with Crippen molar-refractivity contribution in [2.45, 2.75) is 69.9 Å². The van der Waals surface area contributed by atoms with Crippen LogP contribution in [-0.2, 0) is 41.6 Å². The average molecular weight is 775 g/mol. The first-order valence-corrected chi connectivity index (χ1v) is 18.0. The molecule has 3 aromatic rings. The average Bonchev–Trinajstić information content (AvgIpc) is 3.17. The van der Waals surface area contributed by atoms with Crippen LogP contribution in [0.25, 0.3) is 0 Å². The van der Waals surface area contributed by atoms with E-state index in [1.54, 1.807) is 24.3 Å². The predicted octanol–water partition coefficient (Wildman–Crippen LogP) is 1.28. The third-order valence-corrected chi connectivity index (χ3v) is 9.53. The number of hydrogen-bond donors (Lipinski definition) is 5. The molecule has 0 radical (unpaired) electrons. The standard InChI is InChI=1S/C40H50N6O10/c1-22-36(50)42-23(2)38(52)45(6)30(19-25-9-14-28(55-8)15-10-25)37(51)43-24(3)39(53)46(7)34(40(54)44(4)5)35(49)27-12-16-29(17-13-27)56-32-20-26(11-18-31(32)47)21-33(48)41-22/h9-18,20,22-24,30,34-35,47,49H,19,21H2,1-8H3,(H,41,48)(H,42,50)(H,43,51). The molecule has 5 N–H and O–H groups in total. The molecule has 300 valence electrons. The lowest BCUT2D eigenvalue weighted by Gasteiger charge is -2.35. The molecule has 0 aromatic heterocycles. The molecule has 0 saturated heterocycles. The van der Waals surface area contributed by atoms with Crippen molar-refractivity contribution < 1.29 is 48.5 Å². The van der Waals surface area contributed by atoms with Gasteiger partial charge in [0.05, 0.1) is 13.5 Å². The fraction of sp³-hybridized carbons (Fsp3) is 0.400. The lowest BCUT2D eigenvalue weighted by Crippen LogP contribution is -2.59. The minimum absolute atomic E-state index is 0.0150. The largest absolute Gasteiger partial charge is 0.504 e. The Balaban J connectivity index is 1.73. The summed E-state index contributed by atoms with van der Waals surface area (Å²) >= 11 is 0. The number of aliphatic hydroxyl groups is 1. The number of hydrogen-bond acceptors (Lipinski definition) is 10. The molecule has 0 saturated carbocycles. The van der Waals surface area contributed by atoms with Gasteiger partial charge in [-0.3, -0.25) is 28.8 Å². The molecule has 6 amide bonds. The molecule has 2 aliphatic heterocycles. The van der Waals surface area contributed by atoms with Crippen LogP contribution in [0.15, 0.2) is 66.7 Å². The molecule has 6 unspecified atom stereocenters. The fourth-order valence-corrected chi connectivity index (χ4v) is 6.18. The molecule has 0 spiro atoms. The number of phenols is 1. The molecule has 3 aromatic carbocycles. The maximum absolute atomic E-state index is 14.0. The summed E-state index contributed by atoms with van der Waals surface area (Å²) in [5.41, 5.74) is 1.38. The van der Waals surface area contributed by atoms with Crippen molar-refractivity contribution in [1.29, 1.82) is 0 Å². The zero-order valence-corrected chi connectivity index (χ0v) is 32.7. The van der Waals surface area contributed by atoms with Crippen LogP contribution in [0.2, 0.25) is 0 Å². The van der Waals surface area contributed by atoms with E-state index < -0.39 is 71.8 Å². The van der Waals surface area contributed by atoms with Crippen molar-refractivity contribution in [3.8, 4) is 23.0 Å². The molecular weight excluding hydrogens is 724 g/mol. The second kappa shape index (κ2) is 18.4. The second-order valence-electron chi connectivity index (χ2n) is 14.0. The van der Waals surface area contributed by atoms with Crippen molar-refractivity contribution in [2.24, 2.45) is 0 Å². The van der Waals surface area contributed by atoms with E-state index in [4.69, 9.17) is 9.47 Å². The van der Waals surface area contributed by atoms with Gasteiger partial charge >= 0.3 is 0 Å². The van der Waals surface area contributed by atoms with Crippen LogP contribution < -0.4 is 25.4 Å². The van der Waals surface area contributed by atoms with E-state index in [0.29, 0.717) is 16.9 Å². The van der Waals surface area contributed by atoms with E-state index in [0.717, 1.165) is 4.90 Å². The lowest BCUT2D eigenvalue weighted by molar-refractivity contribution is -0.150. The van der Waals surface area contributed by atoms with Gasteiger partial charge in [-0.1, -0.05) is 30.3 Å². The smallest absolute Gasteiger partial charge is 0.247 e. The summed E-state index contributed by atoms with van der Waals surface area (Å²) < 4.78 is 11.1. The van der Waals surface area contributed by atoms with E-state index >= 15 is 0 Å². The number of aromatic hydroxyl groups is 1. The Labute approximate surface area is 325 Å².